The maximum absolute atomic E-state index is 12.4. The van der Waals surface area contributed by atoms with Crippen LogP contribution in [-0.4, -0.2) is 41.9 Å². The van der Waals surface area contributed by atoms with Crippen LogP contribution in [0.5, 0.6) is 0 Å². The number of esters is 1. The van der Waals surface area contributed by atoms with E-state index in [-0.39, 0.29) is 11.7 Å². The van der Waals surface area contributed by atoms with Crippen molar-refractivity contribution in [2.45, 2.75) is 18.9 Å². The highest BCUT2D eigenvalue weighted by Crippen LogP contribution is 2.21. The zero-order valence-corrected chi connectivity index (χ0v) is 16.0. The zero-order valence-electron chi connectivity index (χ0n) is 13.8. The summed E-state index contributed by atoms with van der Waals surface area (Å²) >= 11 is 2.17. The second kappa shape index (κ2) is 8.35. The largest absolute Gasteiger partial charge is 0.459 e. The minimum Gasteiger partial charge on any atom is -0.459 e. The number of ether oxygens (including phenoxy) is 1. The van der Waals surface area contributed by atoms with Crippen molar-refractivity contribution in [3.8, 4) is 0 Å². The highest BCUT2D eigenvalue weighted by Gasteiger charge is 2.36. The summed E-state index contributed by atoms with van der Waals surface area (Å²) < 4.78 is 11.3. The van der Waals surface area contributed by atoms with Crippen molar-refractivity contribution in [2.75, 3.05) is 18.5 Å². The second-order valence-electron chi connectivity index (χ2n) is 5.80. The number of amides is 2. The number of carbonyl (C=O) groups is 3. The number of carbonyl (C=O) groups excluding carboxylic acids is 3. The van der Waals surface area contributed by atoms with E-state index in [1.165, 1.54) is 11.2 Å². The molecule has 1 aliphatic heterocycles. The van der Waals surface area contributed by atoms with E-state index >= 15 is 0 Å². The Hall–Kier alpha value is -2.36. The Balaban J connectivity index is 1.53. The lowest BCUT2D eigenvalue weighted by atomic mass is 10.2. The first-order valence-corrected chi connectivity index (χ1v) is 9.19. The van der Waals surface area contributed by atoms with Gasteiger partial charge in [-0.15, -0.1) is 0 Å². The molecule has 1 N–H and O–H groups in total. The third kappa shape index (κ3) is 4.43. The highest BCUT2D eigenvalue weighted by atomic mass is 127. The van der Waals surface area contributed by atoms with Crippen LogP contribution in [0.15, 0.2) is 47.1 Å². The summed E-state index contributed by atoms with van der Waals surface area (Å²) in [4.78, 5) is 38.0. The van der Waals surface area contributed by atoms with Gasteiger partial charge in [-0.05, 0) is 71.8 Å². The summed E-state index contributed by atoms with van der Waals surface area (Å²) in [6, 6.07) is 9.73. The molecule has 1 aliphatic rings. The van der Waals surface area contributed by atoms with E-state index in [1.807, 2.05) is 12.1 Å². The van der Waals surface area contributed by atoms with Gasteiger partial charge in [0.05, 0.1) is 6.26 Å². The van der Waals surface area contributed by atoms with Crippen LogP contribution in [-0.2, 0) is 14.3 Å². The molecule has 1 fully saturated rings. The topological polar surface area (TPSA) is 88.9 Å². The molecule has 2 heterocycles. The fourth-order valence-corrected chi connectivity index (χ4v) is 3.12. The monoisotopic (exact) mass is 468 g/mol. The number of likely N-dealkylation sites (tertiary alicyclic amines) is 1. The molecule has 2 aromatic rings. The van der Waals surface area contributed by atoms with Gasteiger partial charge in [0, 0.05) is 15.8 Å². The molecule has 26 heavy (non-hydrogen) atoms. The Bertz CT molecular complexity index is 788. The summed E-state index contributed by atoms with van der Waals surface area (Å²) in [5.41, 5.74) is 0.627. The van der Waals surface area contributed by atoms with Crippen molar-refractivity contribution in [2.24, 2.45) is 0 Å². The zero-order chi connectivity index (χ0) is 18.5. The quantitative estimate of drug-likeness (QED) is 0.539. The van der Waals surface area contributed by atoms with Crippen molar-refractivity contribution in [1.29, 1.82) is 0 Å². The number of rotatable bonds is 5. The van der Waals surface area contributed by atoms with Crippen molar-refractivity contribution >= 4 is 46.1 Å². The minimum absolute atomic E-state index is 0.182. The lowest BCUT2D eigenvalue weighted by Gasteiger charge is -2.22. The molecule has 0 saturated carbocycles. The molecule has 1 aromatic heterocycles. The fourth-order valence-electron chi connectivity index (χ4n) is 2.76. The lowest BCUT2D eigenvalue weighted by Crippen LogP contribution is -2.42. The number of hydrogen-bond acceptors (Lipinski definition) is 5. The molecule has 0 bridgehead atoms. The van der Waals surface area contributed by atoms with Crippen molar-refractivity contribution < 1.29 is 23.5 Å². The summed E-state index contributed by atoms with van der Waals surface area (Å²) in [6.07, 6.45) is 2.61. The number of hydrogen-bond donors (Lipinski definition) is 1. The number of nitrogens with zero attached hydrogens (tertiary/aromatic N) is 1. The number of halogens is 1. The average molecular weight is 468 g/mol. The number of benzene rings is 1. The second-order valence-corrected chi connectivity index (χ2v) is 7.04. The van der Waals surface area contributed by atoms with Gasteiger partial charge >= 0.3 is 5.97 Å². The lowest BCUT2D eigenvalue weighted by molar-refractivity contribution is -0.151. The van der Waals surface area contributed by atoms with Gasteiger partial charge in [0.1, 0.15) is 6.04 Å². The molecular weight excluding hydrogens is 451 g/mol. The number of anilines is 1. The Morgan fingerprint density at radius 3 is 2.69 bits per heavy atom. The molecule has 0 spiro atoms. The van der Waals surface area contributed by atoms with Crippen LogP contribution < -0.4 is 5.32 Å². The summed E-state index contributed by atoms with van der Waals surface area (Å²) in [7, 11) is 0. The van der Waals surface area contributed by atoms with Gasteiger partial charge in [-0.2, -0.15) is 0 Å². The van der Waals surface area contributed by atoms with Crippen LogP contribution in [0.4, 0.5) is 5.69 Å². The van der Waals surface area contributed by atoms with Gasteiger partial charge in [0.15, 0.2) is 12.4 Å². The standard InChI is InChI=1S/C18H17IN2O5/c19-12-5-7-13(8-6-12)20-16(22)11-26-18(24)14-3-1-9-21(14)17(23)15-4-2-10-25-15/h2,4-8,10,14H,1,3,9,11H2,(H,20,22). The van der Waals surface area contributed by atoms with E-state index in [0.29, 0.717) is 25.1 Å². The fraction of sp³-hybridized carbons (Fsp3) is 0.278. The molecule has 0 radical (unpaired) electrons. The first-order chi connectivity index (χ1) is 12.5. The molecule has 1 atom stereocenters. The normalized spacial score (nSPS) is 16.3. The summed E-state index contributed by atoms with van der Waals surface area (Å²) in [6.45, 7) is 0.0538. The Morgan fingerprint density at radius 1 is 1.23 bits per heavy atom. The van der Waals surface area contributed by atoms with Crippen LogP contribution in [0.25, 0.3) is 0 Å². The first kappa shape index (κ1) is 18.4. The van der Waals surface area contributed by atoms with Crippen LogP contribution in [0.3, 0.4) is 0 Å². The Morgan fingerprint density at radius 2 is 2.00 bits per heavy atom. The van der Waals surface area contributed by atoms with Crippen LogP contribution >= 0.6 is 22.6 Å². The van der Waals surface area contributed by atoms with E-state index in [0.717, 1.165) is 3.57 Å². The van der Waals surface area contributed by atoms with Gasteiger partial charge in [0.25, 0.3) is 11.8 Å². The number of furan rings is 1. The molecule has 0 aliphatic carbocycles. The molecule has 2 amide bonds. The molecule has 3 rings (SSSR count). The van der Waals surface area contributed by atoms with Crippen LogP contribution in [0, 0.1) is 3.57 Å². The molecule has 1 aromatic carbocycles. The van der Waals surface area contributed by atoms with E-state index in [4.69, 9.17) is 9.15 Å². The molecule has 7 nitrogen and oxygen atoms in total. The third-order valence-electron chi connectivity index (χ3n) is 3.99. The van der Waals surface area contributed by atoms with Gasteiger partial charge in [0.2, 0.25) is 0 Å². The van der Waals surface area contributed by atoms with Gasteiger partial charge in [-0.1, -0.05) is 0 Å². The van der Waals surface area contributed by atoms with E-state index < -0.39 is 24.5 Å². The van der Waals surface area contributed by atoms with E-state index in [9.17, 15) is 14.4 Å². The SMILES string of the molecule is O=C(COC(=O)C1CCCN1C(=O)c1ccco1)Nc1ccc(I)cc1. The molecular formula is C18H17IN2O5. The molecule has 136 valence electrons. The maximum atomic E-state index is 12.4. The van der Waals surface area contributed by atoms with Gasteiger partial charge in [-0.3, -0.25) is 9.59 Å². The average Bonchev–Trinajstić information content (AvgIpc) is 3.33. The maximum Gasteiger partial charge on any atom is 0.329 e. The Kier molecular flexibility index (Phi) is 5.92. The summed E-state index contributed by atoms with van der Waals surface area (Å²) in [5, 5.41) is 2.66. The first-order valence-electron chi connectivity index (χ1n) is 8.11. The van der Waals surface area contributed by atoms with Crippen molar-refractivity contribution in [1.82, 2.24) is 4.90 Å². The molecule has 1 unspecified atom stereocenters. The van der Waals surface area contributed by atoms with Crippen molar-refractivity contribution in [3.05, 3.63) is 52.0 Å². The molecule has 1 saturated heterocycles. The van der Waals surface area contributed by atoms with E-state index in [1.54, 1.807) is 24.3 Å². The highest BCUT2D eigenvalue weighted by molar-refractivity contribution is 14.1. The number of nitrogens with one attached hydrogen (secondary N) is 1. The minimum atomic E-state index is -0.696. The van der Waals surface area contributed by atoms with Crippen molar-refractivity contribution in [3.63, 3.8) is 0 Å². The van der Waals surface area contributed by atoms with E-state index in [2.05, 4.69) is 27.9 Å². The predicted molar refractivity (Wildman–Crippen MR) is 102 cm³/mol. The van der Waals surface area contributed by atoms with Crippen LogP contribution in [0.1, 0.15) is 23.4 Å². The summed E-state index contributed by atoms with van der Waals surface area (Å²) in [5.74, 6) is -1.18. The smallest absolute Gasteiger partial charge is 0.329 e. The Labute approximate surface area is 163 Å². The molecule has 8 heteroatoms. The van der Waals surface area contributed by atoms with Gasteiger partial charge < -0.3 is 19.4 Å². The van der Waals surface area contributed by atoms with Gasteiger partial charge in [-0.25, -0.2) is 4.79 Å². The third-order valence-corrected chi connectivity index (χ3v) is 4.71. The van der Waals surface area contributed by atoms with Crippen LogP contribution in [0.2, 0.25) is 0 Å². The predicted octanol–water partition coefficient (Wildman–Crippen LogP) is 2.67.